The molecule has 1 fully saturated rings. The molecule has 3 aromatic rings. The number of amides is 1. The number of imidazole rings is 1. The van der Waals surface area contributed by atoms with Crippen LogP contribution < -0.4 is 4.90 Å². The molecule has 210 valence electrons. The maximum absolute atomic E-state index is 14.5. The fourth-order valence-electron chi connectivity index (χ4n) is 4.00. The Morgan fingerprint density at radius 3 is 2.15 bits per heavy atom. The van der Waals surface area contributed by atoms with Crippen LogP contribution in [0.4, 0.5) is 45.7 Å². The summed E-state index contributed by atoms with van der Waals surface area (Å²) in [7, 11) is 0. The summed E-state index contributed by atoms with van der Waals surface area (Å²) in [5, 5.41) is 21.3. The second-order valence-electron chi connectivity index (χ2n) is 8.09. The highest BCUT2D eigenvalue weighted by Gasteiger charge is 2.86. The molecule has 0 aliphatic heterocycles. The molecule has 39 heavy (non-hydrogen) atoms. The number of anilines is 1. The molecule has 1 saturated carbocycles. The smallest absolute Gasteiger partial charge is 0.416 e. The van der Waals surface area contributed by atoms with Gasteiger partial charge in [0.05, 0.1) is 39.7 Å². The van der Waals surface area contributed by atoms with Gasteiger partial charge in [-0.1, -0.05) is 23.2 Å². The molecule has 0 bridgehead atoms. The minimum absolute atomic E-state index is 0. The number of aromatic amines is 1. The number of H-pyrrole nitrogens is 1. The van der Waals surface area contributed by atoms with Gasteiger partial charge in [-0.3, -0.25) is 4.90 Å². The van der Waals surface area contributed by atoms with E-state index in [2.05, 4.69) is 15.1 Å². The van der Waals surface area contributed by atoms with Gasteiger partial charge in [-0.05, 0) is 12.1 Å². The summed E-state index contributed by atoms with van der Waals surface area (Å²) in [6, 6.07) is 1.89. The van der Waals surface area contributed by atoms with E-state index in [-0.39, 0.29) is 27.7 Å². The first kappa shape index (κ1) is 30.3. The SMILES string of the molecule is Cl.N#Cc1nn(-c2c(Cl)cc(C(F)(F)F)cc2Cl)c(N(Cc2cnc[nH]2)C(=O)O)c1C1(C(F)(F)F)CC1(F)F. The van der Waals surface area contributed by atoms with Crippen molar-refractivity contribution in [1.29, 1.82) is 5.26 Å². The van der Waals surface area contributed by atoms with Crippen molar-refractivity contribution in [2.45, 2.75) is 36.7 Å². The van der Waals surface area contributed by atoms with Crippen LogP contribution in [0.2, 0.25) is 10.0 Å². The van der Waals surface area contributed by atoms with Crippen LogP contribution in [0.1, 0.15) is 28.9 Å². The predicted octanol–water partition coefficient (Wildman–Crippen LogP) is 6.74. The number of hydrogen-bond acceptors (Lipinski definition) is 4. The molecule has 8 nitrogen and oxygen atoms in total. The van der Waals surface area contributed by atoms with Crippen molar-refractivity contribution in [3.05, 3.63) is 57.2 Å². The van der Waals surface area contributed by atoms with Crippen LogP contribution in [0, 0.1) is 11.3 Å². The quantitative estimate of drug-likeness (QED) is 0.305. The zero-order valence-electron chi connectivity index (χ0n) is 18.5. The van der Waals surface area contributed by atoms with Gasteiger partial charge in [-0.2, -0.15) is 36.7 Å². The molecule has 0 radical (unpaired) electrons. The summed E-state index contributed by atoms with van der Waals surface area (Å²) in [5.41, 5.74) is -9.00. The number of nitrogens with one attached hydrogen (secondary N) is 1. The maximum atomic E-state index is 14.5. The van der Waals surface area contributed by atoms with E-state index in [0.29, 0.717) is 12.1 Å². The summed E-state index contributed by atoms with van der Waals surface area (Å²) in [4.78, 5) is 18.5. The number of alkyl halides is 8. The van der Waals surface area contributed by atoms with Gasteiger partial charge in [0.25, 0.3) is 5.92 Å². The van der Waals surface area contributed by atoms with E-state index in [1.54, 1.807) is 0 Å². The Balaban J connectivity index is 0.00000420. The highest BCUT2D eigenvalue weighted by Crippen LogP contribution is 2.71. The monoisotopic (exact) mass is 624 g/mol. The molecule has 0 spiro atoms. The van der Waals surface area contributed by atoms with Crippen LogP contribution >= 0.6 is 35.6 Å². The number of nitrogens with zero attached hydrogens (tertiary/aromatic N) is 5. The minimum atomic E-state index is -5.71. The Bertz CT molecular complexity index is 1440. The number of carbonyl (C=O) groups is 1. The predicted molar refractivity (Wildman–Crippen MR) is 121 cm³/mol. The zero-order valence-corrected chi connectivity index (χ0v) is 20.8. The molecule has 2 aromatic heterocycles. The summed E-state index contributed by atoms with van der Waals surface area (Å²) in [6.45, 7) is -0.825. The molecule has 4 rings (SSSR count). The highest BCUT2D eigenvalue weighted by atomic mass is 35.5. The molecule has 1 amide bonds. The summed E-state index contributed by atoms with van der Waals surface area (Å²) in [6.07, 6.45) is -12.4. The van der Waals surface area contributed by atoms with Gasteiger partial charge < -0.3 is 10.1 Å². The molecule has 1 unspecified atom stereocenters. The van der Waals surface area contributed by atoms with Crippen LogP contribution in [0.3, 0.4) is 0 Å². The van der Waals surface area contributed by atoms with Gasteiger partial charge >= 0.3 is 18.4 Å². The van der Waals surface area contributed by atoms with E-state index in [9.17, 15) is 50.3 Å². The van der Waals surface area contributed by atoms with E-state index < -0.39 is 81.1 Å². The van der Waals surface area contributed by atoms with Crippen molar-refractivity contribution >= 4 is 47.5 Å². The molecular formula is C20H11Cl3F8N6O2. The first-order chi connectivity index (χ1) is 17.5. The molecule has 19 heteroatoms. The maximum Gasteiger partial charge on any atom is 0.416 e. The second kappa shape index (κ2) is 9.72. The van der Waals surface area contributed by atoms with Crippen molar-refractivity contribution in [3.8, 4) is 11.8 Å². The lowest BCUT2D eigenvalue weighted by molar-refractivity contribution is -0.182. The molecule has 1 aromatic carbocycles. The first-order valence-electron chi connectivity index (χ1n) is 9.98. The number of rotatable bonds is 5. The van der Waals surface area contributed by atoms with Gasteiger partial charge in [-0.25, -0.2) is 23.2 Å². The van der Waals surface area contributed by atoms with E-state index in [1.165, 1.54) is 6.07 Å². The lowest BCUT2D eigenvalue weighted by Crippen LogP contribution is -2.39. The summed E-state index contributed by atoms with van der Waals surface area (Å²) >= 11 is 11.9. The Labute approximate surface area is 228 Å². The number of halogens is 11. The van der Waals surface area contributed by atoms with Gasteiger partial charge in [0.1, 0.15) is 17.6 Å². The van der Waals surface area contributed by atoms with Crippen molar-refractivity contribution in [3.63, 3.8) is 0 Å². The molecule has 1 aliphatic carbocycles. The Morgan fingerprint density at radius 1 is 1.21 bits per heavy atom. The van der Waals surface area contributed by atoms with Crippen LogP contribution in [0.5, 0.6) is 0 Å². The number of benzene rings is 1. The van der Waals surface area contributed by atoms with Crippen molar-refractivity contribution in [2.75, 3.05) is 4.90 Å². The third-order valence-corrected chi connectivity index (χ3v) is 6.37. The second-order valence-corrected chi connectivity index (χ2v) is 8.90. The first-order valence-corrected chi connectivity index (χ1v) is 10.7. The Kier molecular flexibility index (Phi) is 7.54. The van der Waals surface area contributed by atoms with Crippen LogP contribution in [0.15, 0.2) is 24.7 Å². The molecule has 1 atom stereocenters. The Hall–Kier alpha value is -3.29. The standard InChI is InChI=1S/C20H10Cl2F8N6O2.ClH/c21-10-1-8(19(25,26)27)2-11(22)14(10)36-15(35(16(37)38)5-9-4-32-7-33-9)13(12(3-31)34-36)17(20(28,29)30)6-18(17,23)24;/h1-2,4,7H,5-6H2,(H,32,33)(H,37,38);1H. The van der Waals surface area contributed by atoms with E-state index in [1.807, 2.05) is 0 Å². The summed E-state index contributed by atoms with van der Waals surface area (Å²) in [5.74, 6) is -5.70. The fraction of sp³-hybridized carbons (Fsp3) is 0.300. The highest BCUT2D eigenvalue weighted by molar-refractivity contribution is 6.38. The van der Waals surface area contributed by atoms with Crippen LogP contribution in [-0.2, 0) is 18.1 Å². The van der Waals surface area contributed by atoms with E-state index in [0.717, 1.165) is 12.5 Å². The molecular weight excluding hydrogens is 615 g/mol. The van der Waals surface area contributed by atoms with Crippen LogP contribution in [0.25, 0.3) is 5.69 Å². The fourth-order valence-corrected chi connectivity index (χ4v) is 4.65. The molecule has 1 aliphatic rings. The van der Waals surface area contributed by atoms with Crippen molar-refractivity contribution in [2.24, 2.45) is 0 Å². The number of carboxylic acid groups (broad SMARTS) is 1. The molecule has 2 heterocycles. The van der Waals surface area contributed by atoms with Gasteiger partial charge in [0, 0.05) is 12.6 Å². The molecule has 2 N–H and O–H groups in total. The third-order valence-electron chi connectivity index (χ3n) is 5.79. The van der Waals surface area contributed by atoms with E-state index in [4.69, 9.17) is 23.2 Å². The van der Waals surface area contributed by atoms with Gasteiger partial charge in [-0.15, -0.1) is 12.4 Å². The normalized spacial score (nSPS) is 18.3. The Morgan fingerprint density at radius 2 is 1.77 bits per heavy atom. The van der Waals surface area contributed by atoms with E-state index >= 15 is 0 Å². The topological polar surface area (TPSA) is 111 Å². The average molecular weight is 626 g/mol. The number of hydrogen-bond donors (Lipinski definition) is 2. The van der Waals surface area contributed by atoms with Gasteiger partial charge in [0.15, 0.2) is 11.1 Å². The number of nitriles is 1. The van der Waals surface area contributed by atoms with Crippen LogP contribution in [-0.4, -0.2) is 43.0 Å². The largest absolute Gasteiger partial charge is 0.465 e. The van der Waals surface area contributed by atoms with Crippen molar-refractivity contribution < 1.29 is 45.0 Å². The summed E-state index contributed by atoms with van der Waals surface area (Å²) < 4.78 is 111. The molecule has 0 saturated heterocycles. The third kappa shape index (κ3) is 4.83. The lowest BCUT2D eigenvalue weighted by Gasteiger charge is -2.26. The lowest BCUT2D eigenvalue weighted by atomic mass is 9.93. The van der Waals surface area contributed by atoms with Crippen molar-refractivity contribution in [1.82, 2.24) is 19.7 Å². The average Bonchev–Trinajstić information content (AvgIpc) is 3.12. The zero-order chi connectivity index (χ0) is 28.4. The number of aromatic nitrogens is 4. The van der Waals surface area contributed by atoms with Gasteiger partial charge in [0.2, 0.25) is 0 Å². The minimum Gasteiger partial charge on any atom is -0.465 e.